The lowest BCUT2D eigenvalue weighted by molar-refractivity contribution is -0.908. The molecule has 0 saturated carbocycles. The number of carbonyl (C=O) groups excluding carboxylic acids is 1. The average molecular weight is 614 g/mol. The lowest BCUT2D eigenvalue weighted by atomic mass is 10.2. The molecule has 1 aliphatic heterocycles. The fourth-order valence-electron chi connectivity index (χ4n) is 1.98. The molecule has 7 heteroatoms. The van der Waals surface area contributed by atoms with Crippen LogP contribution in [0.15, 0.2) is 12.1 Å². The van der Waals surface area contributed by atoms with E-state index < -0.39 is 0 Å². The molecule has 1 saturated heterocycles. The molecule has 0 aromatic heterocycles. The number of carbonyl (C=O) groups is 1. The Morgan fingerprint density at radius 2 is 1.95 bits per heavy atom. The minimum Gasteiger partial charge on any atom is -0.456 e. The highest BCUT2D eigenvalue weighted by atomic mass is 127. The van der Waals surface area contributed by atoms with Gasteiger partial charge in [0.25, 0.3) is 0 Å². The van der Waals surface area contributed by atoms with Crippen molar-refractivity contribution in [3.05, 3.63) is 28.4 Å². The Morgan fingerprint density at radius 1 is 1.25 bits per heavy atom. The lowest BCUT2D eigenvalue weighted by Crippen LogP contribution is -3.14. The maximum absolute atomic E-state index is 12.1. The van der Waals surface area contributed by atoms with Crippen molar-refractivity contribution in [2.24, 2.45) is 0 Å². The summed E-state index contributed by atoms with van der Waals surface area (Å²) in [5, 5.41) is 0. The first-order chi connectivity index (χ1) is 9.58. The molecule has 1 aliphatic rings. The quantitative estimate of drug-likeness (QED) is 0.319. The van der Waals surface area contributed by atoms with Gasteiger partial charge >= 0.3 is 5.97 Å². The number of esters is 1. The van der Waals surface area contributed by atoms with Crippen molar-refractivity contribution in [3.63, 3.8) is 0 Å². The molecule has 0 radical (unpaired) electrons. The van der Waals surface area contributed by atoms with E-state index in [1.165, 1.54) is 4.90 Å². The largest absolute Gasteiger partial charge is 0.456 e. The van der Waals surface area contributed by atoms with Crippen molar-refractivity contribution >= 4 is 73.7 Å². The zero-order valence-corrected chi connectivity index (χ0v) is 17.2. The number of halogens is 3. The molecule has 2 rings (SSSR count). The molecule has 1 aromatic rings. The van der Waals surface area contributed by atoms with Crippen molar-refractivity contribution in [1.29, 1.82) is 0 Å². The number of hydrogen-bond donors (Lipinski definition) is 1. The molecule has 0 amide bonds. The van der Waals surface area contributed by atoms with Gasteiger partial charge in [0.2, 0.25) is 0 Å². The van der Waals surface area contributed by atoms with Crippen LogP contribution in [0.4, 0.5) is 0 Å². The Morgan fingerprint density at radius 3 is 2.65 bits per heavy atom. The van der Waals surface area contributed by atoms with Crippen molar-refractivity contribution in [1.82, 2.24) is 0 Å². The van der Waals surface area contributed by atoms with Gasteiger partial charge in [-0.05, 0) is 79.9 Å². The highest BCUT2D eigenvalue weighted by molar-refractivity contribution is 14.1. The Bertz CT molecular complexity index is 490. The smallest absolute Gasteiger partial charge is 0.339 e. The van der Waals surface area contributed by atoms with Gasteiger partial charge in [-0.2, -0.15) is 0 Å². The third kappa shape index (κ3) is 4.92. The first kappa shape index (κ1) is 17.2. The summed E-state index contributed by atoms with van der Waals surface area (Å²) in [6.07, 6.45) is 0. The van der Waals surface area contributed by atoms with E-state index in [1.807, 2.05) is 6.07 Å². The van der Waals surface area contributed by atoms with Crippen molar-refractivity contribution in [2.75, 3.05) is 39.5 Å². The van der Waals surface area contributed by atoms with E-state index >= 15 is 0 Å². The van der Waals surface area contributed by atoms with Crippen LogP contribution in [0.3, 0.4) is 0 Å². The van der Waals surface area contributed by atoms with E-state index in [9.17, 15) is 4.79 Å². The molecule has 0 spiro atoms. The molecule has 0 atom stereocenters. The first-order valence-corrected chi connectivity index (χ1v) is 9.54. The van der Waals surface area contributed by atoms with Gasteiger partial charge in [0, 0.05) is 10.7 Å². The highest BCUT2D eigenvalue weighted by Gasteiger charge is 2.17. The molecule has 1 aromatic carbocycles. The van der Waals surface area contributed by atoms with Crippen LogP contribution in [-0.2, 0) is 9.47 Å². The summed E-state index contributed by atoms with van der Waals surface area (Å²) in [4.78, 5) is 13.6. The molecule has 20 heavy (non-hydrogen) atoms. The average Bonchev–Trinajstić information content (AvgIpc) is 2.44. The number of rotatable bonds is 4. The van der Waals surface area contributed by atoms with Gasteiger partial charge in [0.15, 0.2) is 0 Å². The fraction of sp³-hybridized carbons (Fsp3) is 0.462. The number of hydrogen-bond acceptors (Lipinski definition) is 3. The number of nitrogens with one attached hydrogen (secondary N) is 1. The molecule has 0 aliphatic carbocycles. The Hall–Kier alpha value is 0.800. The van der Waals surface area contributed by atoms with Crippen molar-refractivity contribution in [3.8, 4) is 0 Å². The van der Waals surface area contributed by atoms with Crippen LogP contribution >= 0.6 is 67.8 Å². The molecular weight excluding hydrogens is 599 g/mol. The highest BCUT2D eigenvalue weighted by Crippen LogP contribution is 2.23. The van der Waals surface area contributed by atoms with Crippen LogP contribution in [0.2, 0.25) is 0 Å². The first-order valence-electron chi connectivity index (χ1n) is 6.31. The number of quaternary nitrogens is 1. The van der Waals surface area contributed by atoms with E-state index in [0.29, 0.717) is 12.2 Å². The van der Waals surface area contributed by atoms with Gasteiger partial charge in [-0.1, -0.05) is 0 Å². The van der Waals surface area contributed by atoms with Gasteiger partial charge in [-0.15, -0.1) is 0 Å². The van der Waals surface area contributed by atoms with Gasteiger partial charge in [-0.25, -0.2) is 4.79 Å². The second-order valence-corrected chi connectivity index (χ2v) is 7.98. The third-order valence-electron chi connectivity index (χ3n) is 3.10. The summed E-state index contributed by atoms with van der Waals surface area (Å²) in [7, 11) is 0. The molecular formula is C13H15I3NO3+. The van der Waals surface area contributed by atoms with E-state index in [1.54, 1.807) is 0 Å². The van der Waals surface area contributed by atoms with Crippen LogP contribution in [0.1, 0.15) is 10.4 Å². The minimum absolute atomic E-state index is 0.224. The zero-order chi connectivity index (χ0) is 14.5. The van der Waals surface area contributed by atoms with Crippen LogP contribution in [0.5, 0.6) is 0 Å². The molecule has 110 valence electrons. The summed E-state index contributed by atoms with van der Waals surface area (Å²) in [6.45, 7) is 4.91. The molecule has 4 nitrogen and oxygen atoms in total. The van der Waals surface area contributed by atoms with E-state index in [4.69, 9.17) is 9.47 Å². The minimum atomic E-state index is -0.224. The van der Waals surface area contributed by atoms with Gasteiger partial charge < -0.3 is 14.4 Å². The van der Waals surface area contributed by atoms with Gasteiger partial charge in [0.05, 0.1) is 18.8 Å². The van der Waals surface area contributed by atoms with Crippen LogP contribution in [0.25, 0.3) is 0 Å². The Labute approximate surface area is 159 Å². The third-order valence-corrected chi connectivity index (χ3v) is 6.77. The normalized spacial score (nSPS) is 16.1. The zero-order valence-electron chi connectivity index (χ0n) is 10.8. The molecule has 1 N–H and O–H groups in total. The Kier molecular flexibility index (Phi) is 7.24. The predicted molar refractivity (Wildman–Crippen MR) is 101 cm³/mol. The SMILES string of the molecule is O=C(OCC[NH+]1CCOCC1)c1cc(I)cc(I)c1I. The second-order valence-electron chi connectivity index (χ2n) is 4.50. The fourth-order valence-corrected chi connectivity index (χ4v) is 4.36. The maximum atomic E-state index is 12.1. The van der Waals surface area contributed by atoms with E-state index in [0.717, 1.165) is 43.6 Å². The molecule has 0 bridgehead atoms. The Balaban J connectivity index is 1.88. The van der Waals surface area contributed by atoms with Crippen molar-refractivity contribution in [2.45, 2.75) is 0 Å². The summed E-state index contributed by atoms with van der Waals surface area (Å²) in [5.41, 5.74) is 0.666. The molecule has 0 unspecified atom stereocenters. The van der Waals surface area contributed by atoms with Gasteiger partial charge in [-0.3, -0.25) is 0 Å². The topological polar surface area (TPSA) is 40.0 Å². The van der Waals surface area contributed by atoms with Crippen LogP contribution in [0, 0.1) is 10.7 Å². The summed E-state index contributed by atoms with van der Waals surface area (Å²) >= 11 is 6.66. The van der Waals surface area contributed by atoms with Gasteiger partial charge in [0.1, 0.15) is 26.2 Å². The van der Waals surface area contributed by atoms with E-state index in [2.05, 4.69) is 73.8 Å². The molecule has 1 heterocycles. The summed E-state index contributed by atoms with van der Waals surface area (Å²) < 4.78 is 13.8. The second kappa shape index (κ2) is 8.44. The maximum Gasteiger partial charge on any atom is 0.339 e. The van der Waals surface area contributed by atoms with Crippen LogP contribution in [-0.4, -0.2) is 45.4 Å². The number of ether oxygens (including phenoxy) is 2. The van der Waals surface area contributed by atoms with Crippen LogP contribution < -0.4 is 4.90 Å². The lowest BCUT2D eigenvalue weighted by Gasteiger charge is -2.23. The monoisotopic (exact) mass is 614 g/mol. The number of morpholine rings is 1. The predicted octanol–water partition coefficient (Wildman–Crippen LogP) is 1.57. The number of benzene rings is 1. The standard InChI is InChI=1S/C13H14I3NO3/c14-9-7-10(12(16)11(15)8-9)13(18)20-6-3-17-1-4-19-5-2-17/h7-8H,1-6H2/p+1. The molecule has 1 fully saturated rings. The van der Waals surface area contributed by atoms with Crippen molar-refractivity contribution < 1.29 is 19.2 Å². The summed E-state index contributed by atoms with van der Waals surface area (Å²) in [5.74, 6) is -0.224. The van der Waals surface area contributed by atoms with E-state index in [-0.39, 0.29) is 5.97 Å². The summed E-state index contributed by atoms with van der Waals surface area (Å²) in [6, 6.07) is 3.94.